The zero-order valence-electron chi connectivity index (χ0n) is 14.5. The van der Waals surface area contributed by atoms with E-state index in [9.17, 15) is 9.59 Å². The average molecular weight is 358 g/mol. The van der Waals surface area contributed by atoms with E-state index < -0.39 is 0 Å². The van der Waals surface area contributed by atoms with Gasteiger partial charge in [0.15, 0.2) is 0 Å². The molecule has 2 aromatic heterocycles. The third kappa shape index (κ3) is 4.22. The summed E-state index contributed by atoms with van der Waals surface area (Å²) in [6.07, 6.45) is 4.26. The summed E-state index contributed by atoms with van der Waals surface area (Å²) in [5.41, 5.74) is 1.27. The van der Waals surface area contributed by atoms with Gasteiger partial charge in [0.2, 0.25) is 0 Å². The zero-order valence-corrected chi connectivity index (χ0v) is 15.3. The maximum absolute atomic E-state index is 12.5. The lowest BCUT2D eigenvalue weighted by Gasteiger charge is -2.32. The number of rotatable bonds is 4. The molecule has 2 amide bonds. The number of hydrogen-bond donors (Lipinski definition) is 0. The van der Waals surface area contributed by atoms with E-state index in [1.165, 1.54) is 22.6 Å². The minimum Gasteiger partial charge on any atom is -0.343 e. The number of nitrogens with zero attached hydrogens (tertiary/aromatic N) is 4. The van der Waals surface area contributed by atoms with Crippen LogP contribution in [0.3, 0.4) is 0 Å². The van der Waals surface area contributed by atoms with E-state index in [-0.39, 0.29) is 11.8 Å². The summed E-state index contributed by atoms with van der Waals surface area (Å²) in [5, 5.41) is 1.93. The summed E-state index contributed by atoms with van der Waals surface area (Å²) in [4.78, 5) is 37.2. The van der Waals surface area contributed by atoms with E-state index in [1.54, 1.807) is 20.2 Å². The molecule has 0 aromatic carbocycles. The molecule has 2 aromatic rings. The number of likely N-dealkylation sites (tertiary alicyclic amines) is 1. The van der Waals surface area contributed by atoms with E-state index in [0.717, 1.165) is 42.9 Å². The second-order valence-corrected chi connectivity index (χ2v) is 7.48. The van der Waals surface area contributed by atoms with E-state index in [1.807, 2.05) is 22.4 Å². The lowest BCUT2D eigenvalue weighted by molar-refractivity contribution is 0.0677. The molecule has 7 heteroatoms. The van der Waals surface area contributed by atoms with Crippen LogP contribution in [0.5, 0.6) is 0 Å². The van der Waals surface area contributed by atoms with E-state index in [4.69, 9.17) is 0 Å². The fourth-order valence-electron chi connectivity index (χ4n) is 3.12. The second-order valence-electron chi connectivity index (χ2n) is 6.54. The summed E-state index contributed by atoms with van der Waals surface area (Å²) >= 11 is 1.48. The Kier molecular flexibility index (Phi) is 5.43. The first-order chi connectivity index (χ1) is 12.0. The van der Waals surface area contributed by atoms with Gasteiger partial charge in [-0.25, -0.2) is 9.97 Å². The van der Waals surface area contributed by atoms with Crippen molar-refractivity contribution in [2.75, 3.05) is 27.2 Å². The topological polar surface area (TPSA) is 66.4 Å². The van der Waals surface area contributed by atoms with Gasteiger partial charge >= 0.3 is 0 Å². The van der Waals surface area contributed by atoms with Crippen LogP contribution in [-0.4, -0.2) is 58.8 Å². The molecule has 1 fully saturated rings. The van der Waals surface area contributed by atoms with Crippen molar-refractivity contribution in [3.63, 3.8) is 0 Å². The Morgan fingerprint density at radius 3 is 2.92 bits per heavy atom. The molecule has 0 radical (unpaired) electrons. The summed E-state index contributed by atoms with van der Waals surface area (Å²) in [5.74, 6) is 0.350. The van der Waals surface area contributed by atoms with E-state index in [0.29, 0.717) is 11.6 Å². The normalized spacial score (nSPS) is 17.4. The Bertz CT molecular complexity index is 745. The molecule has 132 valence electrons. The lowest BCUT2D eigenvalue weighted by atomic mass is 9.93. The minimum absolute atomic E-state index is 0.117. The van der Waals surface area contributed by atoms with Gasteiger partial charge in [-0.3, -0.25) is 9.59 Å². The molecule has 0 bridgehead atoms. The molecule has 25 heavy (non-hydrogen) atoms. The molecule has 0 unspecified atom stereocenters. The van der Waals surface area contributed by atoms with Gasteiger partial charge in [-0.2, -0.15) is 0 Å². The van der Waals surface area contributed by atoms with Crippen molar-refractivity contribution < 1.29 is 9.59 Å². The standard InChI is InChI=1S/C18H22N4O2S/c1-21(2)17(23)15-10-14(19-12-20-15)9-13-5-3-7-22(11-13)18(24)16-6-4-8-25-16/h4,6,8,10,12-13H,3,5,7,9,11H2,1-2H3/t13-/m0/s1. The monoisotopic (exact) mass is 358 g/mol. The van der Waals surface area contributed by atoms with Gasteiger partial charge in [-0.05, 0) is 42.7 Å². The molecule has 0 N–H and O–H groups in total. The predicted molar refractivity (Wildman–Crippen MR) is 96.7 cm³/mol. The quantitative estimate of drug-likeness (QED) is 0.841. The number of carbonyl (C=O) groups excluding carboxylic acids is 2. The molecular formula is C18H22N4O2S. The van der Waals surface area contributed by atoms with Gasteiger partial charge in [0.25, 0.3) is 11.8 Å². The predicted octanol–water partition coefficient (Wildman–Crippen LogP) is 2.33. The first kappa shape index (κ1) is 17.5. The Labute approximate surface area is 151 Å². The summed E-state index contributed by atoms with van der Waals surface area (Å²) in [6, 6.07) is 5.55. The maximum atomic E-state index is 12.5. The van der Waals surface area contributed by atoms with Crippen LogP contribution in [0.1, 0.15) is 38.7 Å². The molecule has 0 aliphatic carbocycles. The molecule has 0 spiro atoms. The number of piperidine rings is 1. The highest BCUT2D eigenvalue weighted by Gasteiger charge is 2.25. The second kappa shape index (κ2) is 7.74. The highest BCUT2D eigenvalue weighted by Crippen LogP contribution is 2.23. The van der Waals surface area contributed by atoms with Crippen molar-refractivity contribution in [1.29, 1.82) is 0 Å². The highest BCUT2D eigenvalue weighted by atomic mass is 32.1. The van der Waals surface area contributed by atoms with Crippen LogP contribution in [-0.2, 0) is 6.42 Å². The number of aromatic nitrogens is 2. The van der Waals surface area contributed by atoms with E-state index in [2.05, 4.69) is 9.97 Å². The van der Waals surface area contributed by atoms with Crippen LogP contribution < -0.4 is 0 Å². The molecule has 1 saturated heterocycles. The first-order valence-electron chi connectivity index (χ1n) is 8.40. The SMILES string of the molecule is CN(C)C(=O)c1cc(C[C@@H]2CCCN(C(=O)c3cccs3)C2)ncn1. The Balaban J connectivity index is 1.66. The van der Waals surface area contributed by atoms with E-state index >= 15 is 0 Å². The van der Waals surface area contributed by atoms with Gasteiger partial charge in [-0.15, -0.1) is 11.3 Å². The van der Waals surface area contributed by atoms with Gasteiger partial charge in [0.1, 0.15) is 12.0 Å². The number of amides is 2. The van der Waals surface area contributed by atoms with Gasteiger partial charge < -0.3 is 9.80 Å². The van der Waals surface area contributed by atoms with Crippen LogP contribution in [0.15, 0.2) is 29.9 Å². The van der Waals surface area contributed by atoms with Gasteiger partial charge in [0, 0.05) is 32.9 Å². The molecule has 3 heterocycles. The van der Waals surface area contributed by atoms with Crippen LogP contribution in [0.2, 0.25) is 0 Å². The molecule has 3 rings (SSSR count). The average Bonchev–Trinajstić information content (AvgIpc) is 3.15. The minimum atomic E-state index is -0.123. The number of hydrogen-bond acceptors (Lipinski definition) is 5. The third-order valence-corrected chi connectivity index (χ3v) is 5.24. The summed E-state index contributed by atoms with van der Waals surface area (Å²) in [6.45, 7) is 1.54. The van der Waals surface area contributed by atoms with Crippen LogP contribution >= 0.6 is 11.3 Å². The summed E-state index contributed by atoms with van der Waals surface area (Å²) < 4.78 is 0. The van der Waals surface area contributed by atoms with Gasteiger partial charge in [0.05, 0.1) is 4.88 Å². The molecule has 6 nitrogen and oxygen atoms in total. The number of carbonyl (C=O) groups is 2. The van der Waals surface area contributed by atoms with Crippen LogP contribution in [0, 0.1) is 5.92 Å². The first-order valence-corrected chi connectivity index (χ1v) is 9.28. The zero-order chi connectivity index (χ0) is 17.8. The van der Waals surface area contributed by atoms with Crippen LogP contribution in [0.25, 0.3) is 0 Å². The van der Waals surface area contributed by atoms with Crippen molar-refractivity contribution >= 4 is 23.2 Å². The summed E-state index contributed by atoms with van der Waals surface area (Å²) in [7, 11) is 3.42. The van der Waals surface area contributed by atoms with Crippen LogP contribution in [0.4, 0.5) is 0 Å². The molecule has 0 saturated carbocycles. The van der Waals surface area contributed by atoms with Gasteiger partial charge in [-0.1, -0.05) is 6.07 Å². The Morgan fingerprint density at radius 2 is 2.20 bits per heavy atom. The largest absolute Gasteiger partial charge is 0.343 e. The highest BCUT2D eigenvalue weighted by molar-refractivity contribution is 7.12. The van der Waals surface area contributed by atoms with Crippen molar-refractivity contribution in [2.24, 2.45) is 5.92 Å². The Hall–Kier alpha value is -2.28. The lowest BCUT2D eigenvalue weighted by Crippen LogP contribution is -2.40. The smallest absolute Gasteiger partial charge is 0.272 e. The number of thiophene rings is 1. The molecular weight excluding hydrogens is 336 g/mol. The molecule has 1 atom stereocenters. The third-order valence-electron chi connectivity index (χ3n) is 4.38. The van der Waals surface area contributed by atoms with Crippen molar-refractivity contribution in [3.8, 4) is 0 Å². The maximum Gasteiger partial charge on any atom is 0.272 e. The Morgan fingerprint density at radius 1 is 1.36 bits per heavy atom. The van der Waals surface area contributed by atoms with Crippen molar-refractivity contribution in [3.05, 3.63) is 46.2 Å². The fourth-order valence-corrected chi connectivity index (χ4v) is 3.81. The van der Waals surface area contributed by atoms with Crippen molar-refractivity contribution in [2.45, 2.75) is 19.3 Å². The fraction of sp³-hybridized carbons (Fsp3) is 0.444. The van der Waals surface area contributed by atoms with Crippen molar-refractivity contribution in [1.82, 2.24) is 19.8 Å². The molecule has 1 aliphatic rings. The molecule has 1 aliphatic heterocycles.